The highest BCUT2D eigenvalue weighted by molar-refractivity contribution is 7.13. The smallest absolute Gasteiger partial charge is 0.273 e. The molecule has 0 saturated heterocycles. The zero-order chi connectivity index (χ0) is 20.3. The molecule has 5 nitrogen and oxygen atoms in total. The van der Waals surface area contributed by atoms with Crippen molar-refractivity contribution in [1.82, 2.24) is 9.88 Å². The zero-order valence-electron chi connectivity index (χ0n) is 15.8. The number of carbonyl (C=O) groups excluding carboxylic acids is 2. The third-order valence-corrected chi connectivity index (χ3v) is 5.56. The number of benzene rings is 2. The van der Waals surface area contributed by atoms with E-state index in [1.165, 1.54) is 16.2 Å². The van der Waals surface area contributed by atoms with Crippen LogP contribution in [0.2, 0.25) is 5.02 Å². The van der Waals surface area contributed by atoms with Gasteiger partial charge < -0.3 is 10.2 Å². The Morgan fingerprint density at radius 3 is 2.57 bits per heavy atom. The van der Waals surface area contributed by atoms with Crippen LogP contribution in [0.25, 0.3) is 10.6 Å². The number of hydrogen-bond acceptors (Lipinski definition) is 4. The van der Waals surface area contributed by atoms with Crippen molar-refractivity contribution < 1.29 is 9.59 Å². The standard InChI is InChI=1S/C21H20ClN3O2S/c1-13-5-4-6-17(14(13)2)23-19(26)11-25(3)21(27)18-12-28-20(24-18)15-7-9-16(22)10-8-15/h4-10,12H,11H2,1-3H3,(H,23,26). The maximum Gasteiger partial charge on any atom is 0.273 e. The number of likely N-dealkylation sites (N-methyl/N-ethyl adjacent to an activating group) is 1. The fourth-order valence-corrected chi connectivity index (χ4v) is 3.58. The summed E-state index contributed by atoms with van der Waals surface area (Å²) in [5, 5.41) is 5.94. The van der Waals surface area contributed by atoms with Crippen molar-refractivity contribution in [3.63, 3.8) is 0 Å². The third-order valence-electron chi connectivity index (χ3n) is 4.42. The molecule has 0 bridgehead atoms. The predicted molar refractivity (Wildman–Crippen MR) is 114 cm³/mol. The summed E-state index contributed by atoms with van der Waals surface area (Å²) in [4.78, 5) is 30.7. The van der Waals surface area contributed by atoms with Gasteiger partial charge in [-0.05, 0) is 43.2 Å². The third kappa shape index (κ3) is 4.58. The molecule has 0 aliphatic rings. The van der Waals surface area contributed by atoms with Crippen molar-refractivity contribution in [1.29, 1.82) is 0 Å². The minimum atomic E-state index is -0.299. The van der Waals surface area contributed by atoms with Gasteiger partial charge in [-0.15, -0.1) is 11.3 Å². The molecule has 1 aromatic heterocycles. The van der Waals surface area contributed by atoms with Gasteiger partial charge in [0.2, 0.25) is 5.91 Å². The number of halogens is 1. The van der Waals surface area contributed by atoms with Crippen molar-refractivity contribution in [3.05, 3.63) is 69.7 Å². The molecule has 3 rings (SSSR count). The Bertz CT molecular complexity index is 1010. The molecule has 2 aromatic carbocycles. The van der Waals surface area contributed by atoms with Crippen LogP contribution < -0.4 is 5.32 Å². The molecule has 144 valence electrons. The number of aromatic nitrogens is 1. The molecule has 0 aliphatic heterocycles. The van der Waals surface area contributed by atoms with Crippen molar-refractivity contribution in [2.75, 3.05) is 18.9 Å². The van der Waals surface area contributed by atoms with Crippen LogP contribution in [0.15, 0.2) is 47.8 Å². The Morgan fingerprint density at radius 2 is 1.86 bits per heavy atom. The van der Waals surface area contributed by atoms with E-state index in [0.717, 1.165) is 27.4 Å². The highest BCUT2D eigenvalue weighted by Crippen LogP contribution is 2.25. The number of nitrogens with zero attached hydrogens (tertiary/aromatic N) is 2. The molecule has 7 heteroatoms. The second-order valence-corrected chi connectivity index (χ2v) is 7.80. The van der Waals surface area contributed by atoms with Crippen molar-refractivity contribution >= 4 is 40.4 Å². The molecular weight excluding hydrogens is 394 g/mol. The summed E-state index contributed by atoms with van der Waals surface area (Å²) < 4.78 is 0. The number of nitrogens with one attached hydrogen (secondary N) is 1. The predicted octanol–water partition coefficient (Wildman–Crippen LogP) is 4.79. The minimum Gasteiger partial charge on any atom is -0.331 e. The molecule has 0 saturated carbocycles. The molecule has 0 fully saturated rings. The van der Waals surface area contributed by atoms with Crippen LogP contribution in [0.1, 0.15) is 21.6 Å². The molecule has 0 atom stereocenters. The number of rotatable bonds is 5. The highest BCUT2D eigenvalue weighted by Gasteiger charge is 2.19. The van der Waals surface area contributed by atoms with E-state index in [1.807, 2.05) is 44.2 Å². The topological polar surface area (TPSA) is 62.3 Å². The summed E-state index contributed by atoms with van der Waals surface area (Å²) >= 11 is 7.28. The normalized spacial score (nSPS) is 10.6. The quantitative estimate of drug-likeness (QED) is 0.654. The van der Waals surface area contributed by atoms with Crippen LogP contribution in [-0.4, -0.2) is 35.3 Å². The molecular formula is C21H20ClN3O2S. The first-order chi connectivity index (χ1) is 13.3. The molecule has 1 heterocycles. The van der Waals surface area contributed by atoms with E-state index in [4.69, 9.17) is 11.6 Å². The second kappa shape index (κ2) is 8.54. The molecule has 0 aliphatic carbocycles. The Kier molecular flexibility index (Phi) is 6.11. The van der Waals surface area contributed by atoms with Gasteiger partial charge in [0.25, 0.3) is 5.91 Å². The van der Waals surface area contributed by atoms with Crippen LogP contribution in [0.3, 0.4) is 0 Å². The lowest BCUT2D eigenvalue weighted by Gasteiger charge is -2.16. The molecule has 28 heavy (non-hydrogen) atoms. The molecule has 0 unspecified atom stereocenters. The van der Waals surface area contributed by atoms with Gasteiger partial charge in [-0.2, -0.15) is 0 Å². The minimum absolute atomic E-state index is 0.0555. The lowest BCUT2D eigenvalue weighted by molar-refractivity contribution is -0.116. The number of aryl methyl sites for hydroxylation is 1. The summed E-state index contributed by atoms with van der Waals surface area (Å²) in [7, 11) is 1.59. The highest BCUT2D eigenvalue weighted by atomic mass is 35.5. The van der Waals surface area contributed by atoms with E-state index in [2.05, 4.69) is 10.3 Å². The van der Waals surface area contributed by atoms with E-state index < -0.39 is 0 Å². The van der Waals surface area contributed by atoms with E-state index in [-0.39, 0.29) is 18.4 Å². The van der Waals surface area contributed by atoms with Gasteiger partial charge in [0.15, 0.2) is 0 Å². The molecule has 3 aromatic rings. The fraction of sp³-hybridized carbons (Fsp3) is 0.190. The Morgan fingerprint density at radius 1 is 1.14 bits per heavy atom. The van der Waals surface area contributed by atoms with Crippen LogP contribution in [0.5, 0.6) is 0 Å². The van der Waals surface area contributed by atoms with Gasteiger partial charge in [-0.1, -0.05) is 35.9 Å². The first-order valence-corrected chi connectivity index (χ1v) is 9.94. The number of anilines is 1. The van der Waals surface area contributed by atoms with Gasteiger partial charge in [0.1, 0.15) is 10.7 Å². The molecule has 0 radical (unpaired) electrons. The first-order valence-electron chi connectivity index (χ1n) is 8.68. The molecule has 2 amide bonds. The van der Waals surface area contributed by atoms with Gasteiger partial charge in [0.05, 0.1) is 6.54 Å². The van der Waals surface area contributed by atoms with Crippen LogP contribution in [-0.2, 0) is 4.79 Å². The first kappa shape index (κ1) is 20.0. The van der Waals surface area contributed by atoms with Gasteiger partial charge in [-0.3, -0.25) is 9.59 Å². The van der Waals surface area contributed by atoms with Crippen molar-refractivity contribution in [3.8, 4) is 10.6 Å². The Balaban J connectivity index is 1.65. The van der Waals surface area contributed by atoms with Crippen molar-refractivity contribution in [2.45, 2.75) is 13.8 Å². The monoisotopic (exact) mass is 413 g/mol. The lowest BCUT2D eigenvalue weighted by atomic mass is 10.1. The Labute approximate surface area is 173 Å². The van der Waals surface area contributed by atoms with Gasteiger partial charge in [-0.25, -0.2) is 4.98 Å². The largest absolute Gasteiger partial charge is 0.331 e. The van der Waals surface area contributed by atoms with Gasteiger partial charge >= 0.3 is 0 Å². The fourth-order valence-electron chi connectivity index (χ4n) is 2.66. The second-order valence-electron chi connectivity index (χ2n) is 6.50. The molecule has 0 spiro atoms. The maximum atomic E-state index is 12.6. The lowest BCUT2D eigenvalue weighted by Crippen LogP contribution is -2.35. The van der Waals surface area contributed by atoms with Gasteiger partial charge in [0, 0.05) is 28.7 Å². The van der Waals surface area contributed by atoms with Crippen molar-refractivity contribution in [2.24, 2.45) is 0 Å². The van der Waals surface area contributed by atoms with E-state index >= 15 is 0 Å². The number of thiazole rings is 1. The summed E-state index contributed by atoms with van der Waals surface area (Å²) in [5.74, 6) is -0.551. The van der Waals surface area contributed by atoms with Crippen LogP contribution in [0, 0.1) is 13.8 Å². The summed E-state index contributed by atoms with van der Waals surface area (Å²) in [6.45, 7) is 3.88. The summed E-state index contributed by atoms with van der Waals surface area (Å²) in [6.07, 6.45) is 0. The SMILES string of the molecule is Cc1cccc(NC(=O)CN(C)C(=O)c2csc(-c3ccc(Cl)cc3)n2)c1C. The summed E-state index contributed by atoms with van der Waals surface area (Å²) in [5.41, 5.74) is 4.07. The summed E-state index contributed by atoms with van der Waals surface area (Å²) in [6, 6.07) is 13.0. The average molecular weight is 414 g/mol. The van der Waals surface area contributed by atoms with Crippen LogP contribution >= 0.6 is 22.9 Å². The van der Waals surface area contributed by atoms with E-state index in [9.17, 15) is 9.59 Å². The number of carbonyl (C=O) groups is 2. The van der Waals surface area contributed by atoms with E-state index in [0.29, 0.717) is 10.7 Å². The maximum absolute atomic E-state index is 12.6. The van der Waals surface area contributed by atoms with Crippen LogP contribution in [0.4, 0.5) is 5.69 Å². The van der Waals surface area contributed by atoms with E-state index in [1.54, 1.807) is 24.6 Å². The zero-order valence-corrected chi connectivity index (χ0v) is 17.4. The molecule has 1 N–H and O–H groups in total. The number of amides is 2. The number of hydrogen-bond donors (Lipinski definition) is 1. The average Bonchev–Trinajstić information content (AvgIpc) is 3.15. The Hall–Kier alpha value is -2.70.